The van der Waals surface area contributed by atoms with Gasteiger partial charge in [0.2, 0.25) is 0 Å². The summed E-state index contributed by atoms with van der Waals surface area (Å²) in [6, 6.07) is 25.4. The Morgan fingerprint density at radius 1 is 0.571 bits per heavy atom. The zero-order valence-electron chi connectivity index (χ0n) is 31.5. The Balaban J connectivity index is 1.27. The molecule has 0 spiro atoms. The van der Waals surface area contributed by atoms with E-state index in [1.54, 1.807) is 78.9 Å². The molecule has 0 N–H and O–H groups in total. The minimum Gasteiger partial charge on any atom is -0.494 e. The number of esters is 4. The molecule has 0 bridgehead atoms. The summed E-state index contributed by atoms with van der Waals surface area (Å²) in [6.45, 7) is 10.2. The van der Waals surface area contributed by atoms with Crippen molar-refractivity contribution in [3.05, 3.63) is 133 Å². The summed E-state index contributed by atoms with van der Waals surface area (Å²) in [6.07, 6.45) is 5.56. The highest BCUT2D eigenvalue weighted by molar-refractivity contribution is 6.02. The number of benzene rings is 4. The Morgan fingerprint density at radius 3 is 1.52 bits per heavy atom. The smallest absolute Gasteiger partial charge is 0.343 e. The number of unbranched alkanes of at least 4 members (excludes halogenated alkanes) is 2. The highest BCUT2D eigenvalue weighted by Gasteiger charge is 2.15. The largest absolute Gasteiger partial charge is 0.494 e. The van der Waals surface area contributed by atoms with Gasteiger partial charge in [0.15, 0.2) is 11.5 Å². The predicted molar refractivity (Wildman–Crippen MR) is 210 cm³/mol. The van der Waals surface area contributed by atoms with Crippen LogP contribution in [0.2, 0.25) is 0 Å². The van der Waals surface area contributed by atoms with Crippen molar-refractivity contribution in [1.29, 1.82) is 0 Å². The lowest BCUT2D eigenvalue weighted by Gasteiger charge is -2.11. The minimum absolute atomic E-state index is 0.237. The van der Waals surface area contributed by atoms with E-state index in [1.807, 2.05) is 19.1 Å². The van der Waals surface area contributed by atoms with Gasteiger partial charge in [0.05, 0.1) is 50.4 Å². The third-order valence-corrected chi connectivity index (χ3v) is 7.96. The molecular formula is C44H45NO11. The summed E-state index contributed by atoms with van der Waals surface area (Å²) < 4.78 is 38.0. The van der Waals surface area contributed by atoms with Crippen molar-refractivity contribution in [2.24, 2.45) is 4.99 Å². The molecule has 12 heteroatoms. The zero-order valence-corrected chi connectivity index (χ0v) is 31.5. The summed E-state index contributed by atoms with van der Waals surface area (Å²) in [7, 11) is 1.48. The second-order valence-electron chi connectivity index (χ2n) is 12.0. The van der Waals surface area contributed by atoms with Gasteiger partial charge in [-0.05, 0) is 123 Å². The number of hydrogen-bond acceptors (Lipinski definition) is 12. The number of hydrogen-bond donors (Lipinski definition) is 0. The van der Waals surface area contributed by atoms with Crippen molar-refractivity contribution in [3.63, 3.8) is 0 Å². The van der Waals surface area contributed by atoms with Crippen LogP contribution in [-0.2, 0) is 19.1 Å². The molecule has 0 radical (unpaired) electrons. The Morgan fingerprint density at radius 2 is 1.04 bits per heavy atom. The SMILES string of the molecule is C=CC(=O)OCCCCOc1ccc(C(=O)Oc2ccc(C(CC)=Nc3ccc(OC(=O)c4ccc(OCCCCOC(=O)C=C)cc4)c(OC)c3)cc2)cc1. The van der Waals surface area contributed by atoms with E-state index in [2.05, 4.69) is 13.2 Å². The van der Waals surface area contributed by atoms with Crippen molar-refractivity contribution < 1.29 is 52.3 Å². The second kappa shape index (κ2) is 22.5. The molecule has 0 saturated carbocycles. The van der Waals surface area contributed by atoms with E-state index < -0.39 is 23.9 Å². The number of nitrogens with zero attached hydrogens (tertiary/aromatic N) is 1. The lowest BCUT2D eigenvalue weighted by Crippen LogP contribution is -2.09. The van der Waals surface area contributed by atoms with Crippen molar-refractivity contribution in [3.8, 4) is 28.7 Å². The standard InChI is InChI=1S/C44H45NO11/c1-5-38(31-12-23-37(24-13-31)55-43(48)32-14-19-35(20-15-32)51-26-8-10-28-53-41(46)6-2)45-34-18-25-39(40(30-34)50-4)56-44(49)33-16-21-36(22-17-33)52-27-9-11-29-54-42(47)7-3/h6-7,12-25,30H,2-3,5,8-11,26-29H2,1,4H3. The summed E-state index contributed by atoms with van der Waals surface area (Å²) >= 11 is 0. The third kappa shape index (κ3) is 13.6. The summed E-state index contributed by atoms with van der Waals surface area (Å²) in [5, 5.41) is 0. The van der Waals surface area contributed by atoms with E-state index in [1.165, 1.54) is 7.11 Å². The molecule has 292 valence electrons. The normalized spacial score (nSPS) is 10.8. The van der Waals surface area contributed by atoms with Crippen LogP contribution in [-0.4, -0.2) is 63.1 Å². The fourth-order valence-corrected chi connectivity index (χ4v) is 4.98. The average molecular weight is 764 g/mol. The maximum absolute atomic E-state index is 12.9. The molecule has 0 fully saturated rings. The van der Waals surface area contributed by atoms with Gasteiger partial charge >= 0.3 is 23.9 Å². The van der Waals surface area contributed by atoms with Crippen LogP contribution in [0.25, 0.3) is 0 Å². The predicted octanol–water partition coefficient (Wildman–Crippen LogP) is 8.44. The monoisotopic (exact) mass is 763 g/mol. The maximum Gasteiger partial charge on any atom is 0.343 e. The lowest BCUT2D eigenvalue weighted by atomic mass is 10.1. The fourth-order valence-electron chi connectivity index (χ4n) is 4.98. The van der Waals surface area contributed by atoms with E-state index in [-0.39, 0.29) is 5.75 Å². The van der Waals surface area contributed by atoms with E-state index >= 15 is 0 Å². The van der Waals surface area contributed by atoms with E-state index in [4.69, 9.17) is 38.2 Å². The molecule has 4 aromatic carbocycles. The third-order valence-electron chi connectivity index (χ3n) is 7.96. The fraction of sp³-hybridized carbons (Fsp3) is 0.250. The average Bonchev–Trinajstić information content (AvgIpc) is 3.23. The van der Waals surface area contributed by atoms with Gasteiger partial charge in [-0.2, -0.15) is 0 Å². The van der Waals surface area contributed by atoms with Crippen LogP contribution in [0, 0.1) is 0 Å². The van der Waals surface area contributed by atoms with Crippen LogP contribution in [0.15, 0.2) is 121 Å². The van der Waals surface area contributed by atoms with Crippen LogP contribution in [0.3, 0.4) is 0 Å². The molecule has 12 nitrogen and oxygen atoms in total. The van der Waals surface area contributed by atoms with Crippen molar-refractivity contribution >= 4 is 35.3 Å². The maximum atomic E-state index is 12.9. The summed E-state index contributed by atoms with van der Waals surface area (Å²) in [5.74, 6) is 0.178. The van der Waals surface area contributed by atoms with E-state index in [9.17, 15) is 19.2 Å². The lowest BCUT2D eigenvalue weighted by molar-refractivity contribution is -0.138. The highest BCUT2D eigenvalue weighted by Crippen LogP contribution is 2.33. The van der Waals surface area contributed by atoms with Crippen molar-refractivity contribution in [2.45, 2.75) is 39.0 Å². The highest BCUT2D eigenvalue weighted by atomic mass is 16.6. The first-order valence-electron chi connectivity index (χ1n) is 18.1. The van der Waals surface area contributed by atoms with Crippen molar-refractivity contribution in [1.82, 2.24) is 0 Å². The van der Waals surface area contributed by atoms with Crippen LogP contribution in [0.4, 0.5) is 5.69 Å². The second-order valence-corrected chi connectivity index (χ2v) is 12.0. The molecule has 0 aliphatic heterocycles. The number of aliphatic imine (C=N–C) groups is 1. The summed E-state index contributed by atoms with van der Waals surface area (Å²) in [5.41, 5.74) is 2.91. The Hall–Kier alpha value is -6.69. The number of rotatable bonds is 22. The number of methoxy groups -OCH3 is 1. The van der Waals surface area contributed by atoms with Crippen LogP contribution in [0.1, 0.15) is 65.3 Å². The number of ether oxygens (including phenoxy) is 7. The summed E-state index contributed by atoms with van der Waals surface area (Å²) in [4.78, 5) is 52.7. The number of carbonyl (C=O) groups is 4. The molecular weight excluding hydrogens is 718 g/mol. The minimum atomic E-state index is -0.565. The molecule has 0 amide bonds. The van der Waals surface area contributed by atoms with Gasteiger partial charge in [-0.1, -0.05) is 20.1 Å². The van der Waals surface area contributed by atoms with Crippen LogP contribution in [0.5, 0.6) is 28.7 Å². The molecule has 56 heavy (non-hydrogen) atoms. The Bertz CT molecular complexity index is 1970. The molecule has 4 rings (SSSR count). The van der Waals surface area contributed by atoms with Gasteiger partial charge in [-0.15, -0.1) is 0 Å². The van der Waals surface area contributed by atoms with Gasteiger partial charge < -0.3 is 33.2 Å². The molecule has 0 atom stereocenters. The first kappa shape index (κ1) is 42.1. The molecule has 4 aromatic rings. The zero-order chi connectivity index (χ0) is 40.1. The van der Waals surface area contributed by atoms with Crippen LogP contribution < -0.4 is 23.7 Å². The Labute approximate surface area is 326 Å². The van der Waals surface area contributed by atoms with Gasteiger partial charge in [0.25, 0.3) is 0 Å². The first-order valence-corrected chi connectivity index (χ1v) is 18.1. The molecule has 0 heterocycles. The molecule has 0 aromatic heterocycles. The van der Waals surface area contributed by atoms with E-state index in [0.29, 0.717) is 98.3 Å². The van der Waals surface area contributed by atoms with Gasteiger partial charge in [0.1, 0.15) is 17.2 Å². The number of carbonyl (C=O) groups excluding carboxylic acids is 4. The quantitative estimate of drug-likeness (QED) is 0.0250. The first-order chi connectivity index (χ1) is 27.2. The molecule has 0 saturated heterocycles. The van der Waals surface area contributed by atoms with E-state index in [0.717, 1.165) is 23.4 Å². The topological polar surface area (TPSA) is 145 Å². The van der Waals surface area contributed by atoms with Crippen LogP contribution >= 0.6 is 0 Å². The van der Waals surface area contributed by atoms with Gasteiger partial charge in [0, 0.05) is 23.9 Å². The van der Waals surface area contributed by atoms with Gasteiger partial charge in [-0.25, -0.2) is 19.2 Å². The molecule has 0 aliphatic rings. The van der Waals surface area contributed by atoms with Crippen molar-refractivity contribution in [2.75, 3.05) is 33.5 Å². The Kier molecular flexibility index (Phi) is 16.9. The molecule has 0 unspecified atom stereocenters. The van der Waals surface area contributed by atoms with Gasteiger partial charge in [-0.3, -0.25) is 4.99 Å². The molecule has 0 aliphatic carbocycles.